The van der Waals surface area contributed by atoms with Gasteiger partial charge in [-0.2, -0.15) is 5.01 Å². The maximum absolute atomic E-state index is 12.7. The molecular weight excluding hydrogens is 370 g/mol. The van der Waals surface area contributed by atoms with Gasteiger partial charge in [0.25, 0.3) is 11.8 Å². The number of aromatic nitrogens is 2. The minimum Gasteiger partial charge on any atom is -0.350 e. The van der Waals surface area contributed by atoms with Gasteiger partial charge in [-0.05, 0) is 36.4 Å². The summed E-state index contributed by atoms with van der Waals surface area (Å²) in [6, 6.07) is 11.2. The van der Waals surface area contributed by atoms with Crippen LogP contribution in [0.3, 0.4) is 0 Å². The minimum atomic E-state index is -0.655. The Morgan fingerprint density at radius 1 is 1.19 bits per heavy atom. The van der Waals surface area contributed by atoms with Crippen LogP contribution in [0.5, 0.6) is 0 Å². The molecule has 4 amide bonds. The van der Waals surface area contributed by atoms with Gasteiger partial charge in [0, 0.05) is 35.1 Å². The second-order valence-corrected chi connectivity index (χ2v) is 6.39. The molecule has 0 unspecified atom stereocenters. The van der Waals surface area contributed by atoms with Gasteiger partial charge >= 0.3 is 6.03 Å². The van der Waals surface area contributed by atoms with Crippen molar-refractivity contribution in [3.63, 3.8) is 0 Å². The lowest BCUT2D eigenvalue weighted by Gasteiger charge is -2.32. The van der Waals surface area contributed by atoms with Gasteiger partial charge in [-0.15, -0.1) is 0 Å². The molecule has 0 spiro atoms. The molecule has 2 aromatic heterocycles. The number of pyridine rings is 1. The van der Waals surface area contributed by atoms with Crippen molar-refractivity contribution in [1.29, 1.82) is 0 Å². The van der Waals surface area contributed by atoms with Crippen molar-refractivity contribution in [3.05, 3.63) is 59.4 Å². The number of rotatable bonds is 3. The zero-order valence-corrected chi connectivity index (χ0v) is 14.7. The SMILES string of the molecule is O=C(NN1C(=O)CCN(c2ccccn2)C1=O)c1cc2cc(Cl)ccc2[nH]1. The summed E-state index contributed by atoms with van der Waals surface area (Å²) in [6.07, 6.45) is 1.63. The maximum atomic E-state index is 12.7. The van der Waals surface area contributed by atoms with E-state index in [4.69, 9.17) is 11.6 Å². The molecule has 1 aliphatic heterocycles. The molecule has 27 heavy (non-hydrogen) atoms. The Hall–Kier alpha value is -3.39. The molecule has 9 heteroatoms. The number of anilines is 1. The van der Waals surface area contributed by atoms with E-state index >= 15 is 0 Å². The molecule has 1 aliphatic rings. The summed E-state index contributed by atoms with van der Waals surface area (Å²) >= 11 is 5.95. The molecule has 0 radical (unpaired) electrons. The number of amides is 4. The van der Waals surface area contributed by atoms with E-state index in [2.05, 4.69) is 15.4 Å². The Morgan fingerprint density at radius 2 is 2.04 bits per heavy atom. The van der Waals surface area contributed by atoms with Gasteiger partial charge < -0.3 is 4.98 Å². The van der Waals surface area contributed by atoms with Crippen LogP contribution in [0.1, 0.15) is 16.9 Å². The van der Waals surface area contributed by atoms with Crippen LogP contribution in [0.25, 0.3) is 10.9 Å². The van der Waals surface area contributed by atoms with Crippen LogP contribution in [0, 0.1) is 0 Å². The van der Waals surface area contributed by atoms with Crippen LogP contribution >= 0.6 is 11.6 Å². The predicted molar refractivity (Wildman–Crippen MR) is 99.2 cm³/mol. The van der Waals surface area contributed by atoms with E-state index in [9.17, 15) is 14.4 Å². The van der Waals surface area contributed by atoms with Crippen LogP contribution in [0.15, 0.2) is 48.7 Å². The zero-order valence-electron chi connectivity index (χ0n) is 14.0. The van der Waals surface area contributed by atoms with E-state index in [0.29, 0.717) is 10.8 Å². The monoisotopic (exact) mass is 383 g/mol. The second kappa shape index (κ2) is 6.73. The van der Waals surface area contributed by atoms with E-state index in [1.807, 2.05) is 0 Å². The Labute approximate surface area is 158 Å². The summed E-state index contributed by atoms with van der Waals surface area (Å²) < 4.78 is 0. The maximum Gasteiger partial charge on any atom is 0.351 e. The third-order valence-electron chi connectivity index (χ3n) is 4.19. The normalized spacial score (nSPS) is 14.7. The van der Waals surface area contributed by atoms with Crippen molar-refractivity contribution in [1.82, 2.24) is 20.4 Å². The van der Waals surface area contributed by atoms with E-state index < -0.39 is 17.8 Å². The van der Waals surface area contributed by atoms with Crippen molar-refractivity contribution < 1.29 is 14.4 Å². The molecule has 1 fully saturated rings. The molecule has 3 aromatic rings. The average Bonchev–Trinajstić information content (AvgIpc) is 3.09. The minimum absolute atomic E-state index is 0.0743. The van der Waals surface area contributed by atoms with Crippen molar-refractivity contribution in [3.8, 4) is 0 Å². The average molecular weight is 384 g/mol. The number of carbonyl (C=O) groups is 3. The van der Waals surface area contributed by atoms with E-state index in [0.717, 1.165) is 15.9 Å². The Bertz CT molecular complexity index is 1050. The Morgan fingerprint density at radius 3 is 2.81 bits per heavy atom. The molecule has 2 N–H and O–H groups in total. The number of nitrogens with one attached hydrogen (secondary N) is 2. The number of hydrazine groups is 1. The first-order chi connectivity index (χ1) is 13.0. The molecule has 4 rings (SSSR count). The zero-order chi connectivity index (χ0) is 19.0. The Balaban J connectivity index is 1.56. The lowest BCUT2D eigenvalue weighted by atomic mass is 10.2. The van der Waals surface area contributed by atoms with Crippen molar-refractivity contribution in [2.24, 2.45) is 0 Å². The highest BCUT2D eigenvalue weighted by atomic mass is 35.5. The highest BCUT2D eigenvalue weighted by Crippen LogP contribution is 2.21. The number of H-pyrrole nitrogens is 1. The number of nitrogens with zero attached hydrogens (tertiary/aromatic N) is 3. The third-order valence-corrected chi connectivity index (χ3v) is 4.42. The molecule has 0 bridgehead atoms. The van der Waals surface area contributed by atoms with Gasteiger partial charge in [0.1, 0.15) is 11.5 Å². The number of aromatic amines is 1. The van der Waals surface area contributed by atoms with Crippen LogP contribution < -0.4 is 10.3 Å². The number of urea groups is 1. The molecular formula is C18H14ClN5O3. The third kappa shape index (κ3) is 3.22. The first kappa shape index (κ1) is 17.0. The first-order valence-electron chi connectivity index (χ1n) is 8.18. The summed E-state index contributed by atoms with van der Waals surface area (Å²) in [7, 11) is 0. The molecule has 3 heterocycles. The lowest BCUT2D eigenvalue weighted by Crippen LogP contribution is -2.59. The van der Waals surface area contributed by atoms with Crippen LogP contribution in [0.4, 0.5) is 10.6 Å². The molecule has 136 valence electrons. The van der Waals surface area contributed by atoms with Gasteiger partial charge in [-0.25, -0.2) is 9.78 Å². The molecule has 0 saturated carbocycles. The summed E-state index contributed by atoms with van der Waals surface area (Å²) in [5, 5.41) is 2.01. The molecule has 0 aliphatic carbocycles. The fourth-order valence-electron chi connectivity index (χ4n) is 2.87. The first-order valence-corrected chi connectivity index (χ1v) is 8.55. The van der Waals surface area contributed by atoms with Crippen LogP contribution in [-0.4, -0.2) is 39.4 Å². The second-order valence-electron chi connectivity index (χ2n) is 5.96. The summed E-state index contributed by atoms with van der Waals surface area (Å²) in [4.78, 5) is 45.8. The van der Waals surface area contributed by atoms with Gasteiger partial charge in [0.15, 0.2) is 0 Å². The van der Waals surface area contributed by atoms with Crippen molar-refractivity contribution in [2.75, 3.05) is 11.4 Å². The van der Waals surface area contributed by atoms with E-state index in [1.165, 1.54) is 4.90 Å². The van der Waals surface area contributed by atoms with Gasteiger partial charge in [0.2, 0.25) is 0 Å². The summed E-state index contributed by atoms with van der Waals surface area (Å²) in [6.45, 7) is 0.200. The number of benzene rings is 1. The number of hydrogen-bond donors (Lipinski definition) is 2. The quantitative estimate of drug-likeness (QED) is 0.726. The molecule has 1 aromatic carbocycles. The van der Waals surface area contributed by atoms with Crippen molar-refractivity contribution in [2.45, 2.75) is 6.42 Å². The number of hydrogen-bond acceptors (Lipinski definition) is 4. The molecule has 0 atom stereocenters. The van der Waals surface area contributed by atoms with E-state index in [-0.39, 0.29) is 18.7 Å². The Kier molecular flexibility index (Phi) is 4.25. The molecule has 1 saturated heterocycles. The summed E-state index contributed by atoms with van der Waals surface area (Å²) in [5.74, 6) is -0.680. The number of fused-ring (bicyclic) bond motifs is 1. The predicted octanol–water partition coefficient (Wildman–Crippen LogP) is 2.72. The number of carbonyl (C=O) groups excluding carboxylic acids is 3. The highest BCUT2D eigenvalue weighted by Gasteiger charge is 2.35. The number of imide groups is 1. The fraction of sp³-hybridized carbons (Fsp3) is 0.111. The van der Waals surface area contributed by atoms with Gasteiger partial charge in [-0.3, -0.25) is 19.9 Å². The standard InChI is InChI=1S/C18H14ClN5O3/c19-12-4-5-13-11(9-12)10-14(21-13)17(26)22-24-16(25)6-8-23(18(24)27)15-3-1-2-7-20-15/h1-5,7,9-10,21H,6,8H2,(H,22,26). The highest BCUT2D eigenvalue weighted by molar-refractivity contribution is 6.31. The van der Waals surface area contributed by atoms with Gasteiger partial charge in [0.05, 0.1) is 0 Å². The van der Waals surface area contributed by atoms with Gasteiger partial charge in [-0.1, -0.05) is 17.7 Å². The largest absolute Gasteiger partial charge is 0.351 e. The molecule has 8 nitrogen and oxygen atoms in total. The van der Waals surface area contributed by atoms with E-state index in [1.54, 1.807) is 48.7 Å². The number of halogens is 1. The fourth-order valence-corrected chi connectivity index (χ4v) is 3.05. The smallest absolute Gasteiger partial charge is 0.350 e. The van der Waals surface area contributed by atoms with Crippen molar-refractivity contribution >= 4 is 46.2 Å². The van der Waals surface area contributed by atoms with Crippen LogP contribution in [0.2, 0.25) is 5.02 Å². The topological polar surface area (TPSA) is 98.4 Å². The van der Waals surface area contributed by atoms with Crippen LogP contribution in [-0.2, 0) is 4.79 Å². The summed E-state index contributed by atoms with van der Waals surface area (Å²) in [5.41, 5.74) is 3.30. The lowest BCUT2D eigenvalue weighted by molar-refractivity contribution is -0.130.